The first-order valence-electron chi connectivity index (χ1n) is 6.12. The number of anilines is 1. The Labute approximate surface area is 105 Å². The quantitative estimate of drug-likeness (QED) is 0.713. The van der Waals surface area contributed by atoms with Gasteiger partial charge in [0.2, 0.25) is 0 Å². The van der Waals surface area contributed by atoms with E-state index < -0.39 is 11.7 Å². The highest BCUT2D eigenvalue weighted by Crippen LogP contribution is 2.44. The smallest absolute Gasteiger partial charge is 0.380 e. The highest BCUT2D eigenvalue weighted by molar-refractivity contribution is 5.59. The molecule has 0 aliphatic carbocycles. The summed E-state index contributed by atoms with van der Waals surface area (Å²) in [7, 11) is 0. The van der Waals surface area contributed by atoms with Gasteiger partial charge in [-0.05, 0) is 49.4 Å². The Hall–Kier alpha value is -1.19. The van der Waals surface area contributed by atoms with Gasteiger partial charge in [-0.25, -0.2) is 0 Å². The minimum atomic E-state index is -4.27. The van der Waals surface area contributed by atoms with Crippen LogP contribution in [0.4, 0.5) is 18.9 Å². The second-order valence-corrected chi connectivity index (χ2v) is 5.72. The second kappa shape index (κ2) is 3.90. The Morgan fingerprint density at radius 1 is 1.17 bits per heavy atom. The van der Waals surface area contributed by atoms with Crippen LogP contribution in [-0.2, 0) is 6.18 Å². The van der Waals surface area contributed by atoms with Gasteiger partial charge in [-0.2, -0.15) is 13.2 Å². The number of alkyl halides is 3. The van der Waals surface area contributed by atoms with Crippen molar-refractivity contribution < 1.29 is 13.2 Å². The molecule has 4 heteroatoms. The summed E-state index contributed by atoms with van der Waals surface area (Å²) in [4.78, 5) is 0. The maximum Gasteiger partial charge on any atom is 0.416 e. The fraction of sp³-hybridized carbons (Fsp3) is 0.571. The third kappa shape index (κ3) is 2.08. The van der Waals surface area contributed by atoms with Crippen molar-refractivity contribution in [2.45, 2.75) is 45.3 Å². The summed E-state index contributed by atoms with van der Waals surface area (Å²) in [5, 5.41) is 3.33. The van der Waals surface area contributed by atoms with Gasteiger partial charge in [0.1, 0.15) is 0 Å². The van der Waals surface area contributed by atoms with E-state index in [1.165, 1.54) is 6.07 Å². The second-order valence-electron chi connectivity index (χ2n) is 5.72. The van der Waals surface area contributed by atoms with Crippen molar-refractivity contribution in [3.8, 4) is 0 Å². The fourth-order valence-corrected chi connectivity index (χ4v) is 2.58. The van der Waals surface area contributed by atoms with Gasteiger partial charge in [-0.1, -0.05) is 13.8 Å². The van der Waals surface area contributed by atoms with Crippen LogP contribution in [0.5, 0.6) is 0 Å². The SMILES string of the molecule is CC1c2cc(C(F)(F)F)ccc2NC(C)(C)C1C. The van der Waals surface area contributed by atoms with E-state index in [9.17, 15) is 13.2 Å². The van der Waals surface area contributed by atoms with Crippen LogP contribution >= 0.6 is 0 Å². The molecule has 0 fully saturated rings. The van der Waals surface area contributed by atoms with Crippen LogP contribution in [0.1, 0.15) is 44.7 Å². The zero-order chi connectivity index (χ0) is 13.7. The van der Waals surface area contributed by atoms with Crippen LogP contribution in [0.25, 0.3) is 0 Å². The van der Waals surface area contributed by atoms with E-state index in [-0.39, 0.29) is 17.4 Å². The maximum atomic E-state index is 12.7. The van der Waals surface area contributed by atoms with Crippen LogP contribution in [0.3, 0.4) is 0 Å². The van der Waals surface area contributed by atoms with E-state index in [4.69, 9.17) is 0 Å². The van der Waals surface area contributed by atoms with E-state index in [0.29, 0.717) is 0 Å². The zero-order valence-corrected chi connectivity index (χ0v) is 11.0. The molecule has 2 rings (SSSR count). The van der Waals surface area contributed by atoms with Crippen LogP contribution in [0.2, 0.25) is 0 Å². The lowest BCUT2D eigenvalue weighted by atomic mass is 9.73. The maximum absolute atomic E-state index is 12.7. The standard InChI is InChI=1S/C14H18F3N/c1-8-9(2)13(3,4)18-12-6-5-10(7-11(8)12)14(15,16)17/h5-9,18H,1-4H3. The summed E-state index contributed by atoms with van der Waals surface area (Å²) in [6, 6.07) is 3.96. The predicted octanol–water partition coefficient (Wildman–Crippen LogP) is 4.65. The van der Waals surface area contributed by atoms with Crippen molar-refractivity contribution in [3.05, 3.63) is 29.3 Å². The summed E-state index contributed by atoms with van der Waals surface area (Å²) in [6.07, 6.45) is -4.27. The number of hydrogen-bond acceptors (Lipinski definition) is 1. The molecule has 100 valence electrons. The molecule has 1 aromatic carbocycles. The molecular formula is C14H18F3N. The molecule has 0 bridgehead atoms. The Morgan fingerprint density at radius 3 is 2.33 bits per heavy atom. The molecule has 1 heterocycles. The summed E-state index contributed by atoms with van der Waals surface area (Å²) < 4.78 is 38.1. The van der Waals surface area contributed by atoms with E-state index >= 15 is 0 Å². The first-order chi connectivity index (χ1) is 8.13. The Bertz CT molecular complexity index is 463. The molecule has 2 atom stereocenters. The number of nitrogens with one attached hydrogen (secondary N) is 1. The largest absolute Gasteiger partial charge is 0.416 e. The molecule has 0 amide bonds. The Morgan fingerprint density at radius 2 is 1.78 bits per heavy atom. The molecule has 1 N–H and O–H groups in total. The van der Waals surface area contributed by atoms with Crippen molar-refractivity contribution in [2.75, 3.05) is 5.32 Å². The number of benzene rings is 1. The van der Waals surface area contributed by atoms with Crippen LogP contribution in [0.15, 0.2) is 18.2 Å². The monoisotopic (exact) mass is 257 g/mol. The van der Waals surface area contributed by atoms with Gasteiger partial charge in [-0.3, -0.25) is 0 Å². The lowest BCUT2D eigenvalue weighted by molar-refractivity contribution is -0.137. The number of halogens is 3. The molecule has 18 heavy (non-hydrogen) atoms. The van der Waals surface area contributed by atoms with Gasteiger partial charge < -0.3 is 5.32 Å². The fourth-order valence-electron chi connectivity index (χ4n) is 2.58. The van der Waals surface area contributed by atoms with Gasteiger partial charge in [0, 0.05) is 11.2 Å². The molecule has 0 saturated heterocycles. The topological polar surface area (TPSA) is 12.0 Å². The van der Waals surface area contributed by atoms with Crippen LogP contribution in [-0.4, -0.2) is 5.54 Å². The summed E-state index contributed by atoms with van der Waals surface area (Å²) >= 11 is 0. The van der Waals surface area contributed by atoms with Crippen LogP contribution in [0, 0.1) is 5.92 Å². The third-order valence-electron chi connectivity index (χ3n) is 4.21. The molecule has 0 aromatic heterocycles. The van der Waals surface area contributed by atoms with Crippen molar-refractivity contribution in [1.82, 2.24) is 0 Å². The molecule has 1 aromatic rings. The average molecular weight is 257 g/mol. The lowest BCUT2D eigenvalue weighted by Crippen LogP contribution is -2.44. The number of fused-ring (bicyclic) bond motifs is 1. The molecular weight excluding hydrogens is 239 g/mol. The van der Waals surface area contributed by atoms with Crippen molar-refractivity contribution in [3.63, 3.8) is 0 Å². The highest BCUT2D eigenvalue weighted by Gasteiger charge is 2.38. The van der Waals surface area contributed by atoms with Gasteiger partial charge in [0.05, 0.1) is 5.56 Å². The van der Waals surface area contributed by atoms with Gasteiger partial charge >= 0.3 is 6.18 Å². The minimum absolute atomic E-state index is 0.105. The van der Waals surface area contributed by atoms with Gasteiger partial charge in [0.15, 0.2) is 0 Å². The lowest BCUT2D eigenvalue weighted by Gasteiger charge is -2.43. The number of rotatable bonds is 0. The molecule has 2 unspecified atom stereocenters. The third-order valence-corrected chi connectivity index (χ3v) is 4.21. The normalized spacial score (nSPS) is 26.4. The highest BCUT2D eigenvalue weighted by atomic mass is 19.4. The van der Waals surface area contributed by atoms with Crippen molar-refractivity contribution in [1.29, 1.82) is 0 Å². The average Bonchev–Trinajstić information content (AvgIpc) is 2.24. The number of hydrogen-bond donors (Lipinski definition) is 1. The van der Waals surface area contributed by atoms with E-state index in [1.54, 1.807) is 6.07 Å². The van der Waals surface area contributed by atoms with Crippen molar-refractivity contribution >= 4 is 5.69 Å². The van der Waals surface area contributed by atoms with Crippen molar-refractivity contribution in [2.24, 2.45) is 5.92 Å². The molecule has 1 aliphatic rings. The Kier molecular flexibility index (Phi) is 2.87. The van der Waals surface area contributed by atoms with Crippen LogP contribution < -0.4 is 5.32 Å². The van der Waals surface area contributed by atoms with Gasteiger partial charge in [0.25, 0.3) is 0 Å². The molecule has 0 spiro atoms. The molecule has 0 saturated carbocycles. The van der Waals surface area contributed by atoms with E-state index in [2.05, 4.69) is 26.1 Å². The summed E-state index contributed by atoms with van der Waals surface area (Å²) in [5.41, 5.74) is 0.906. The summed E-state index contributed by atoms with van der Waals surface area (Å²) in [5.74, 6) is 0.382. The molecule has 1 nitrogen and oxygen atoms in total. The first kappa shape index (κ1) is 13.2. The zero-order valence-electron chi connectivity index (χ0n) is 11.0. The van der Waals surface area contributed by atoms with E-state index in [1.807, 2.05) is 6.92 Å². The molecule has 1 aliphatic heterocycles. The van der Waals surface area contributed by atoms with E-state index in [0.717, 1.165) is 17.3 Å². The van der Waals surface area contributed by atoms with Gasteiger partial charge in [-0.15, -0.1) is 0 Å². The summed E-state index contributed by atoms with van der Waals surface area (Å²) in [6.45, 7) is 8.22. The minimum Gasteiger partial charge on any atom is -0.380 e. The predicted molar refractivity (Wildman–Crippen MR) is 66.7 cm³/mol. The molecule has 0 radical (unpaired) electrons. The first-order valence-corrected chi connectivity index (χ1v) is 6.12. The Balaban J connectivity index is 2.49.